The van der Waals surface area contributed by atoms with E-state index in [9.17, 15) is 0 Å². The van der Waals surface area contributed by atoms with Crippen molar-refractivity contribution in [3.05, 3.63) is 206 Å². The van der Waals surface area contributed by atoms with E-state index in [0.717, 1.165) is 77.7 Å². The van der Waals surface area contributed by atoms with Gasteiger partial charge in [0, 0.05) is 38.4 Å². The Kier molecular flexibility index (Phi) is 7.82. The molecule has 0 bridgehead atoms. The van der Waals surface area contributed by atoms with Crippen LogP contribution >= 0.6 is 0 Å². The van der Waals surface area contributed by atoms with E-state index in [2.05, 4.69) is 170 Å². The predicted molar refractivity (Wildman–Crippen MR) is 237 cm³/mol. The van der Waals surface area contributed by atoms with Crippen LogP contribution in [0, 0.1) is 0 Å². The Morgan fingerprint density at radius 1 is 0.281 bits per heavy atom. The Balaban J connectivity index is 0.944. The second-order valence-electron chi connectivity index (χ2n) is 14.5. The second kappa shape index (κ2) is 13.6. The molecule has 0 unspecified atom stereocenters. The first kappa shape index (κ1) is 32.8. The van der Waals surface area contributed by atoms with Crippen molar-refractivity contribution < 1.29 is 4.42 Å². The van der Waals surface area contributed by atoms with Gasteiger partial charge in [-0.25, -0.2) is 9.97 Å². The summed E-state index contributed by atoms with van der Waals surface area (Å²) in [5, 5.41) is 7.02. The first-order chi connectivity index (χ1) is 28.2. The molecule has 266 valence electrons. The minimum atomic E-state index is 0.713. The second-order valence-corrected chi connectivity index (χ2v) is 14.5. The van der Waals surface area contributed by atoms with Crippen molar-refractivity contribution in [2.24, 2.45) is 0 Å². The standard InChI is InChI=1S/C54H34N2O/c1-3-13-39(14-4-1)50-34-51(56-54(55-50)41-15-5-2-6-16-41)40-29-24-37(25-30-40)36-22-27-38(28-23-36)44-20-11-21-47-49-33-48(43-31-26-35-12-7-8-17-42(35)32-43)45-18-9-10-19-46(45)53(49)57-52(44)47/h1-34H. The summed E-state index contributed by atoms with van der Waals surface area (Å²) in [5.74, 6) is 0.713. The SMILES string of the molecule is c1ccc(-c2cc(-c3ccc(-c4ccc(-c5cccc6c5oc5c7ccccc7c(-c7ccc8ccccc8c7)cc65)cc4)cc3)nc(-c3ccccc3)n2)cc1. The number of fused-ring (bicyclic) bond motifs is 6. The zero-order valence-corrected chi connectivity index (χ0v) is 30.9. The van der Waals surface area contributed by atoms with Crippen molar-refractivity contribution >= 4 is 43.5 Å². The summed E-state index contributed by atoms with van der Waals surface area (Å²) in [6, 6.07) is 72.7. The van der Waals surface area contributed by atoms with E-state index in [1.807, 2.05) is 36.4 Å². The molecular formula is C54H34N2O. The van der Waals surface area contributed by atoms with Gasteiger partial charge in [-0.3, -0.25) is 0 Å². The maximum Gasteiger partial charge on any atom is 0.160 e. The summed E-state index contributed by atoms with van der Waals surface area (Å²) >= 11 is 0. The number of aromatic nitrogens is 2. The maximum atomic E-state index is 6.85. The molecule has 57 heavy (non-hydrogen) atoms. The van der Waals surface area contributed by atoms with Crippen LogP contribution in [0.5, 0.6) is 0 Å². The van der Waals surface area contributed by atoms with Gasteiger partial charge in [0.15, 0.2) is 5.82 Å². The number of rotatable bonds is 6. The van der Waals surface area contributed by atoms with Crippen molar-refractivity contribution in [3.63, 3.8) is 0 Å². The molecule has 2 heterocycles. The van der Waals surface area contributed by atoms with Gasteiger partial charge >= 0.3 is 0 Å². The highest BCUT2D eigenvalue weighted by molar-refractivity contribution is 6.21. The molecule has 0 N–H and O–H groups in total. The minimum absolute atomic E-state index is 0.713. The highest BCUT2D eigenvalue weighted by atomic mass is 16.3. The summed E-state index contributed by atoms with van der Waals surface area (Å²) in [7, 11) is 0. The van der Waals surface area contributed by atoms with Crippen molar-refractivity contribution in [2.45, 2.75) is 0 Å². The van der Waals surface area contributed by atoms with Gasteiger partial charge in [-0.15, -0.1) is 0 Å². The lowest BCUT2D eigenvalue weighted by Crippen LogP contribution is -1.95. The molecule has 0 aliphatic carbocycles. The van der Waals surface area contributed by atoms with Gasteiger partial charge in [0.2, 0.25) is 0 Å². The fourth-order valence-electron chi connectivity index (χ4n) is 8.19. The topological polar surface area (TPSA) is 38.9 Å². The molecule has 0 fully saturated rings. The lowest BCUT2D eigenvalue weighted by molar-refractivity contribution is 0.674. The first-order valence-corrected chi connectivity index (χ1v) is 19.3. The molecule has 0 amide bonds. The van der Waals surface area contributed by atoms with E-state index in [1.165, 1.54) is 27.3 Å². The number of benzene rings is 9. The summed E-state index contributed by atoms with van der Waals surface area (Å²) in [5.41, 5.74) is 13.6. The van der Waals surface area contributed by atoms with E-state index in [4.69, 9.17) is 14.4 Å². The normalized spacial score (nSPS) is 11.5. The van der Waals surface area contributed by atoms with Crippen molar-refractivity contribution in [1.29, 1.82) is 0 Å². The predicted octanol–water partition coefficient (Wildman–Crippen LogP) is 14.7. The summed E-state index contributed by atoms with van der Waals surface area (Å²) in [4.78, 5) is 9.96. The summed E-state index contributed by atoms with van der Waals surface area (Å²) < 4.78 is 6.85. The third kappa shape index (κ3) is 5.85. The molecule has 0 saturated carbocycles. The van der Waals surface area contributed by atoms with E-state index < -0.39 is 0 Å². The Morgan fingerprint density at radius 2 is 0.807 bits per heavy atom. The van der Waals surface area contributed by atoms with Gasteiger partial charge < -0.3 is 4.42 Å². The molecule has 0 atom stereocenters. The van der Waals surface area contributed by atoms with Crippen LogP contribution in [-0.2, 0) is 0 Å². The lowest BCUT2D eigenvalue weighted by Gasteiger charge is -2.10. The molecule has 11 rings (SSSR count). The van der Waals surface area contributed by atoms with Crippen molar-refractivity contribution in [3.8, 4) is 67.3 Å². The van der Waals surface area contributed by atoms with E-state index in [1.54, 1.807) is 0 Å². The molecule has 0 aliphatic heterocycles. The molecule has 0 radical (unpaired) electrons. The van der Waals surface area contributed by atoms with Crippen LogP contribution in [0.2, 0.25) is 0 Å². The van der Waals surface area contributed by atoms with Crippen LogP contribution in [-0.4, -0.2) is 9.97 Å². The Labute approximate surface area is 330 Å². The van der Waals surface area contributed by atoms with Gasteiger partial charge in [0.1, 0.15) is 11.2 Å². The zero-order valence-electron chi connectivity index (χ0n) is 30.9. The van der Waals surface area contributed by atoms with Crippen LogP contribution in [0.25, 0.3) is 111 Å². The van der Waals surface area contributed by atoms with Crippen LogP contribution in [0.3, 0.4) is 0 Å². The Hall–Kier alpha value is -7.62. The van der Waals surface area contributed by atoms with E-state index in [0.29, 0.717) is 5.82 Å². The zero-order chi connectivity index (χ0) is 37.7. The van der Waals surface area contributed by atoms with Crippen LogP contribution < -0.4 is 0 Å². The highest BCUT2D eigenvalue weighted by Gasteiger charge is 2.18. The van der Waals surface area contributed by atoms with Crippen molar-refractivity contribution in [1.82, 2.24) is 9.97 Å². The number of hydrogen-bond donors (Lipinski definition) is 0. The first-order valence-electron chi connectivity index (χ1n) is 19.3. The monoisotopic (exact) mass is 726 g/mol. The number of para-hydroxylation sites is 1. The molecule has 0 saturated heterocycles. The molecular weight excluding hydrogens is 693 g/mol. The molecule has 0 aliphatic rings. The van der Waals surface area contributed by atoms with Gasteiger partial charge in [0.05, 0.1) is 11.4 Å². The highest BCUT2D eigenvalue weighted by Crippen LogP contribution is 2.43. The van der Waals surface area contributed by atoms with E-state index in [-0.39, 0.29) is 0 Å². The average molecular weight is 727 g/mol. The largest absolute Gasteiger partial charge is 0.455 e. The average Bonchev–Trinajstić information content (AvgIpc) is 3.68. The smallest absolute Gasteiger partial charge is 0.160 e. The quantitative estimate of drug-likeness (QED) is 0.171. The van der Waals surface area contributed by atoms with E-state index >= 15 is 0 Å². The van der Waals surface area contributed by atoms with Crippen LogP contribution in [0.4, 0.5) is 0 Å². The molecule has 0 spiro atoms. The minimum Gasteiger partial charge on any atom is -0.455 e. The Morgan fingerprint density at radius 3 is 1.53 bits per heavy atom. The third-order valence-corrected chi connectivity index (χ3v) is 11.1. The van der Waals surface area contributed by atoms with Gasteiger partial charge in [-0.1, -0.05) is 188 Å². The molecule has 2 aromatic heterocycles. The van der Waals surface area contributed by atoms with Crippen molar-refractivity contribution in [2.75, 3.05) is 0 Å². The molecule has 3 nitrogen and oxygen atoms in total. The fraction of sp³-hybridized carbons (Fsp3) is 0. The number of nitrogens with zero attached hydrogens (tertiary/aromatic N) is 2. The molecule has 9 aromatic carbocycles. The maximum absolute atomic E-state index is 6.85. The van der Waals surface area contributed by atoms with Gasteiger partial charge in [-0.2, -0.15) is 0 Å². The number of hydrogen-bond acceptors (Lipinski definition) is 3. The molecule has 3 heteroatoms. The van der Waals surface area contributed by atoms with Crippen LogP contribution in [0.15, 0.2) is 211 Å². The summed E-state index contributed by atoms with van der Waals surface area (Å²) in [6.45, 7) is 0. The summed E-state index contributed by atoms with van der Waals surface area (Å²) in [6.07, 6.45) is 0. The van der Waals surface area contributed by atoms with Crippen LogP contribution in [0.1, 0.15) is 0 Å². The molecule has 11 aromatic rings. The third-order valence-electron chi connectivity index (χ3n) is 11.1. The number of furan rings is 1. The Bertz CT molecular complexity index is 3200. The van der Waals surface area contributed by atoms with Gasteiger partial charge in [-0.05, 0) is 62.2 Å². The lowest BCUT2D eigenvalue weighted by atomic mass is 9.93. The fourth-order valence-corrected chi connectivity index (χ4v) is 8.19. The van der Waals surface area contributed by atoms with Gasteiger partial charge in [0.25, 0.3) is 0 Å².